The van der Waals surface area contributed by atoms with Crippen LogP contribution in [0.25, 0.3) is 22.2 Å². The number of benzene rings is 2. The van der Waals surface area contributed by atoms with Gasteiger partial charge in [-0.05, 0) is 49.3 Å². The molecule has 2 aromatic heterocycles. The van der Waals surface area contributed by atoms with Crippen molar-refractivity contribution >= 4 is 16.9 Å². The molecule has 178 valence electrons. The normalized spacial score (nSPS) is 13.8. The lowest BCUT2D eigenvalue weighted by atomic mass is 9.90. The monoisotopic (exact) mass is 473 g/mol. The van der Waals surface area contributed by atoms with Crippen LogP contribution in [0.1, 0.15) is 36.5 Å². The van der Waals surface area contributed by atoms with Gasteiger partial charge in [-0.2, -0.15) is 15.5 Å². The van der Waals surface area contributed by atoms with E-state index in [0.29, 0.717) is 46.1 Å². The number of anilines is 1. The van der Waals surface area contributed by atoms with Gasteiger partial charge in [0.2, 0.25) is 5.88 Å². The summed E-state index contributed by atoms with van der Waals surface area (Å²) in [5.74, 6) is 1.54. The fraction of sp³-hybridized carbons (Fsp3) is 0.267. The van der Waals surface area contributed by atoms with Gasteiger partial charge in [-0.3, -0.25) is 0 Å². The van der Waals surface area contributed by atoms with Crippen LogP contribution in [0.3, 0.4) is 0 Å². The van der Waals surface area contributed by atoms with E-state index in [1.54, 1.807) is 0 Å². The molecule has 0 aliphatic carbocycles. The second-order valence-corrected chi connectivity index (χ2v) is 9.04. The molecule has 6 heteroatoms. The summed E-state index contributed by atoms with van der Waals surface area (Å²) >= 11 is 0. The van der Waals surface area contributed by atoms with E-state index in [1.807, 2.05) is 43.3 Å². The van der Waals surface area contributed by atoms with Crippen LogP contribution in [0.15, 0.2) is 66.7 Å². The Kier molecular flexibility index (Phi) is 6.78. The molecule has 5 rings (SSSR count). The molecule has 0 saturated carbocycles. The highest BCUT2D eigenvalue weighted by atomic mass is 16.5. The molecule has 1 saturated heterocycles. The smallest absolute Gasteiger partial charge is 0.234 e. The van der Waals surface area contributed by atoms with Crippen molar-refractivity contribution in [3.8, 4) is 29.1 Å². The molecular formula is C30H27N5O. The van der Waals surface area contributed by atoms with Crippen LogP contribution >= 0.6 is 0 Å². The van der Waals surface area contributed by atoms with Crippen molar-refractivity contribution < 1.29 is 4.74 Å². The first kappa shape index (κ1) is 23.3. The van der Waals surface area contributed by atoms with Crippen molar-refractivity contribution in [2.75, 3.05) is 24.6 Å². The van der Waals surface area contributed by atoms with Crippen LogP contribution in [0, 0.1) is 28.6 Å². The number of pyridine rings is 2. The number of nitriles is 2. The number of rotatable bonds is 6. The summed E-state index contributed by atoms with van der Waals surface area (Å²) in [6, 6.07) is 26.7. The van der Waals surface area contributed by atoms with Crippen molar-refractivity contribution in [2.45, 2.75) is 26.2 Å². The van der Waals surface area contributed by atoms with Crippen LogP contribution in [-0.2, 0) is 6.42 Å². The zero-order valence-electron chi connectivity index (χ0n) is 20.3. The van der Waals surface area contributed by atoms with E-state index < -0.39 is 0 Å². The lowest BCUT2D eigenvalue weighted by Crippen LogP contribution is -2.35. The Hall–Kier alpha value is -4.42. The van der Waals surface area contributed by atoms with Crippen molar-refractivity contribution in [1.82, 2.24) is 9.97 Å². The van der Waals surface area contributed by atoms with Crippen molar-refractivity contribution in [1.29, 1.82) is 10.5 Å². The molecule has 0 N–H and O–H groups in total. The summed E-state index contributed by atoms with van der Waals surface area (Å²) in [7, 11) is 0. The van der Waals surface area contributed by atoms with E-state index in [4.69, 9.17) is 9.72 Å². The number of fused-ring (bicyclic) bond motifs is 1. The Morgan fingerprint density at radius 2 is 1.64 bits per heavy atom. The van der Waals surface area contributed by atoms with Crippen molar-refractivity contribution in [3.05, 3.63) is 83.4 Å². The van der Waals surface area contributed by atoms with Gasteiger partial charge in [-0.25, -0.2) is 4.98 Å². The lowest BCUT2D eigenvalue weighted by Gasteiger charge is -2.33. The molecule has 0 radical (unpaired) electrons. The Morgan fingerprint density at radius 1 is 0.944 bits per heavy atom. The van der Waals surface area contributed by atoms with Crippen LogP contribution < -0.4 is 9.64 Å². The second kappa shape index (κ2) is 10.5. The first-order valence-electron chi connectivity index (χ1n) is 12.4. The summed E-state index contributed by atoms with van der Waals surface area (Å²) in [5, 5.41) is 20.7. The average molecular weight is 474 g/mol. The minimum absolute atomic E-state index is 0.274. The Morgan fingerprint density at radius 3 is 2.28 bits per heavy atom. The highest BCUT2D eigenvalue weighted by Crippen LogP contribution is 2.37. The molecule has 3 heterocycles. The fourth-order valence-electron chi connectivity index (χ4n) is 5.03. The molecule has 0 spiro atoms. The third-order valence-corrected chi connectivity index (χ3v) is 6.78. The summed E-state index contributed by atoms with van der Waals surface area (Å²) in [6.07, 6.45) is 3.15. The van der Waals surface area contributed by atoms with Gasteiger partial charge in [0.05, 0.1) is 12.2 Å². The Bertz CT molecular complexity index is 1450. The predicted molar refractivity (Wildman–Crippen MR) is 141 cm³/mol. The summed E-state index contributed by atoms with van der Waals surface area (Å²) < 4.78 is 5.76. The SMILES string of the molecule is CCOc1nc2nc(N3CCC(Cc4ccccc4)CC3)c(C#N)cc2c(-c2ccccc2)c1C#N. The molecule has 0 atom stereocenters. The van der Waals surface area contributed by atoms with Gasteiger partial charge in [0.25, 0.3) is 0 Å². The zero-order valence-corrected chi connectivity index (χ0v) is 20.3. The average Bonchev–Trinajstić information content (AvgIpc) is 2.93. The van der Waals surface area contributed by atoms with E-state index in [0.717, 1.165) is 37.9 Å². The Labute approximate surface area is 211 Å². The van der Waals surface area contributed by atoms with Crippen LogP contribution in [0.2, 0.25) is 0 Å². The van der Waals surface area contributed by atoms with E-state index in [9.17, 15) is 10.5 Å². The molecule has 1 aliphatic rings. The van der Waals surface area contributed by atoms with E-state index in [-0.39, 0.29) is 5.88 Å². The molecule has 6 nitrogen and oxygen atoms in total. The number of ether oxygens (including phenoxy) is 1. The van der Waals surface area contributed by atoms with E-state index in [2.05, 4.69) is 52.4 Å². The maximum Gasteiger partial charge on any atom is 0.234 e. The summed E-state index contributed by atoms with van der Waals surface area (Å²) in [5.41, 5.74) is 4.27. The number of nitrogens with zero attached hydrogens (tertiary/aromatic N) is 5. The molecule has 1 aliphatic heterocycles. The highest BCUT2D eigenvalue weighted by Gasteiger charge is 2.25. The molecule has 36 heavy (non-hydrogen) atoms. The first-order chi connectivity index (χ1) is 17.7. The van der Waals surface area contributed by atoms with Gasteiger partial charge >= 0.3 is 0 Å². The number of hydrogen-bond donors (Lipinski definition) is 0. The van der Waals surface area contributed by atoms with Gasteiger partial charge in [-0.1, -0.05) is 60.7 Å². The summed E-state index contributed by atoms with van der Waals surface area (Å²) in [4.78, 5) is 11.7. The number of hydrogen-bond acceptors (Lipinski definition) is 6. The lowest BCUT2D eigenvalue weighted by molar-refractivity contribution is 0.327. The second-order valence-electron chi connectivity index (χ2n) is 9.04. The summed E-state index contributed by atoms with van der Waals surface area (Å²) in [6.45, 7) is 3.93. The van der Waals surface area contributed by atoms with Crippen LogP contribution in [0.4, 0.5) is 5.82 Å². The predicted octanol–water partition coefficient (Wildman–Crippen LogP) is 5.90. The quantitative estimate of drug-likeness (QED) is 0.347. The van der Waals surface area contributed by atoms with Gasteiger partial charge in [0.15, 0.2) is 5.65 Å². The third kappa shape index (κ3) is 4.59. The molecule has 0 unspecified atom stereocenters. The minimum Gasteiger partial charge on any atom is -0.477 e. The van der Waals surface area contributed by atoms with Gasteiger partial charge in [0, 0.05) is 24.0 Å². The van der Waals surface area contributed by atoms with Crippen LogP contribution in [0.5, 0.6) is 5.88 Å². The molecule has 2 aromatic carbocycles. The number of piperidine rings is 1. The molecule has 0 amide bonds. The molecule has 4 aromatic rings. The fourth-order valence-corrected chi connectivity index (χ4v) is 5.03. The molecule has 1 fully saturated rings. The maximum absolute atomic E-state index is 10.1. The van der Waals surface area contributed by atoms with Crippen LogP contribution in [-0.4, -0.2) is 29.7 Å². The van der Waals surface area contributed by atoms with Gasteiger partial charge in [-0.15, -0.1) is 0 Å². The zero-order chi connectivity index (χ0) is 24.9. The maximum atomic E-state index is 10.1. The van der Waals surface area contributed by atoms with Crippen molar-refractivity contribution in [3.63, 3.8) is 0 Å². The third-order valence-electron chi connectivity index (χ3n) is 6.78. The minimum atomic E-state index is 0.274. The van der Waals surface area contributed by atoms with Gasteiger partial charge in [0.1, 0.15) is 23.5 Å². The standard InChI is InChI=1S/C30H27N5O/c1-2-36-30-26(20-32)27(23-11-7-4-8-12-23)25-18-24(19-31)29(33-28(25)34-30)35-15-13-22(14-16-35)17-21-9-5-3-6-10-21/h3-12,18,22H,2,13-17H2,1H3. The van der Waals surface area contributed by atoms with Crippen molar-refractivity contribution in [2.24, 2.45) is 5.92 Å². The van der Waals surface area contributed by atoms with E-state index in [1.165, 1.54) is 5.56 Å². The Balaban J connectivity index is 1.53. The topological polar surface area (TPSA) is 85.8 Å². The number of aromatic nitrogens is 2. The highest BCUT2D eigenvalue weighted by molar-refractivity contribution is 5.98. The van der Waals surface area contributed by atoms with E-state index >= 15 is 0 Å². The van der Waals surface area contributed by atoms with Gasteiger partial charge < -0.3 is 9.64 Å². The largest absolute Gasteiger partial charge is 0.477 e. The molecular weight excluding hydrogens is 446 g/mol. The first-order valence-corrected chi connectivity index (χ1v) is 12.4. The molecule has 0 bridgehead atoms.